The first-order valence-corrected chi connectivity index (χ1v) is 7.24. The highest BCUT2D eigenvalue weighted by molar-refractivity contribution is 6.04. The van der Waals surface area contributed by atoms with E-state index >= 15 is 0 Å². The van der Waals surface area contributed by atoms with Gasteiger partial charge in [0, 0.05) is 12.1 Å². The first kappa shape index (κ1) is 15.8. The van der Waals surface area contributed by atoms with Gasteiger partial charge in [0.2, 0.25) is 0 Å². The minimum absolute atomic E-state index is 0.0287. The van der Waals surface area contributed by atoms with Gasteiger partial charge in [-0.1, -0.05) is 19.8 Å². The molecule has 0 atom stereocenters. The number of anilines is 1. The number of ether oxygens (including phenoxy) is 1. The van der Waals surface area contributed by atoms with Gasteiger partial charge < -0.3 is 21.1 Å². The summed E-state index contributed by atoms with van der Waals surface area (Å²) in [4.78, 5) is 29.0. The summed E-state index contributed by atoms with van der Waals surface area (Å²) in [5.41, 5.74) is 11.4. The van der Waals surface area contributed by atoms with Crippen molar-refractivity contribution in [1.82, 2.24) is 0 Å². The van der Waals surface area contributed by atoms with Crippen LogP contribution in [0, 0.1) is 0 Å². The van der Waals surface area contributed by atoms with Gasteiger partial charge in [0.25, 0.3) is 11.8 Å². The number of hydrogen-bond donors (Lipinski definition) is 2. The number of nitrogens with zero attached hydrogens (tertiary/aromatic N) is 2. The van der Waals surface area contributed by atoms with Crippen LogP contribution in [0.3, 0.4) is 0 Å². The van der Waals surface area contributed by atoms with E-state index in [0.717, 1.165) is 19.3 Å². The largest absolute Gasteiger partial charge is 0.482 e. The Kier molecular flexibility index (Phi) is 4.98. The number of rotatable bonds is 5. The van der Waals surface area contributed by atoms with E-state index in [1.807, 2.05) is 0 Å². The first-order valence-electron chi connectivity index (χ1n) is 7.24. The average molecular weight is 304 g/mol. The maximum absolute atomic E-state index is 12.0. The zero-order valence-electron chi connectivity index (χ0n) is 12.5. The number of carbonyl (C=O) groups excluding carboxylic acids is 2. The highest BCUT2D eigenvalue weighted by Gasteiger charge is 2.25. The molecule has 0 saturated heterocycles. The van der Waals surface area contributed by atoms with Crippen molar-refractivity contribution in [3.63, 3.8) is 0 Å². The maximum Gasteiger partial charge on any atom is 0.280 e. The molecule has 0 unspecified atom stereocenters. The van der Waals surface area contributed by atoms with Crippen LogP contribution in [-0.4, -0.2) is 30.9 Å². The SMILES string of the molecule is CCCCCN1C(=O)COc2cc(C(=O)N=C(N)N)ccc21. The summed E-state index contributed by atoms with van der Waals surface area (Å²) in [6.45, 7) is 2.72. The Hall–Kier alpha value is -2.57. The quantitative estimate of drug-likeness (QED) is 0.479. The lowest BCUT2D eigenvalue weighted by Crippen LogP contribution is -2.39. The second-order valence-electron chi connectivity index (χ2n) is 5.07. The van der Waals surface area contributed by atoms with Gasteiger partial charge in [0.15, 0.2) is 12.6 Å². The van der Waals surface area contributed by atoms with E-state index in [0.29, 0.717) is 23.5 Å². The number of carbonyl (C=O) groups is 2. The van der Waals surface area contributed by atoms with Gasteiger partial charge in [-0.25, -0.2) is 0 Å². The zero-order chi connectivity index (χ0) is 16.1. The predicted molar refractivity (Wildman–Crippen MR) is 84.0 cm³/mol. The third kappa shape index (κ3) is 3.55. The average Bonchev–Trinajstić information content (AvgIpc) is 2.48. The topological polar surface area (TPSA) is 111 Å². The predicted octanol–water partition coefficient (Wildman–Crippen LogP) is 1.02. The van der Waals surface area contributed by atoms with E-state index in [-0.39, 0.29) is 18.5 Å². The molecule has 4 N–H and O–H groups in total. The van der Waals surface area contributed by atoms with E-state index in [1.54, 1.807) is 23.1 Å². The van der Waals surface area contributed by atoms with Crippen LogP contribution in [0.5, 0.6) is 5.75 Å². The first-order chi connectivity index (χ1) is 10.5. The van der Waals surface area contributed by atoms with E-state index < -0.39 is 5.91 Å². The molecule has 0 aromatic heterocycles. The van der Waals surface area contributed by atoms with E-state index in [4.69, 9.17) is 16.2 Å². The summed E-state index contributed by atoms with van der Waals surface area (Å²) in [5, 5.41) is 0. The Morgan fingerprint density at radius 3 is 2.82 bits per heavy atom. The molecular weight excluding hydrogens is 284 g/mol. The summed E-state index contributed by atoms with van der Waals surface area (Å²) >= 11 is 0. The van der Waals surface area contributed by atoms with Crippen molar-refractivity contribution in [2.24, 2.45) is 16.5 Å². The molecule has 1 aromatic rings. The molecule has 22 heavy (non-hydrogen) atoms. The molecule has 7 heteroatoms. The van der Waals surface area contributed by atoms with Crippen LogP contribution in [0.4, 0.5) is 5.69 Å². The molecule has 1 heterocycles. The van der Waals surface area contributed by atoms with Gasteiger partial charge in [0.05, 0.1) is 5.69 Å². The third-order valence-electron chi connectivity index (χ3n) is 3.37. The molecule has 1 aliphatic rings. The van der Waals surface area contributed by atoms with Crippen LogP contribution in [0.25, 0.3) is 0 Å². The van der Waals surface area contributed by atoms with Gasteiger partial charge in [-0.3, -0.25) is 9.59 Å². The maximum atomic E-state index is 12.0. The lowest BCUT2D eigenvalue weighted by molar-refractivity contribution is -0.121. The van der Waals surface area contributed by atoms with Crippen molar-refractivity contribution in [1.29, 1.82) is 0 Å². The molecule has 7 nitrogen and oxygen atoms in total. The van der Waals surface area contributed by atoms with Crippen molar-refractivity contribution < 1.29 is 14.3 Å². The van der Waals surface area contributed by atoms with Crippen LogP contribution in [-0.2, 0) is 4.79 Å². The van der Waals surface area contributed by atoms with Crippen LogP contribution in [0.2, 0.25) is 0 Å². The lowest BCUT2D eigenvalue weighted by atomic mass is 10.1. The monoisotopic (exact) mass is 304 g/mol. The van der Waals surface area contributed by atoms with Crippen molar-refractivity contribution in [2.75, 3.05) is 18.1 Å². The number of amides is 2. The smallest absolute Gasteiger partial charge is 0.280 e. The lowest BCUT2D eigenvalue weighted by Gasteiger charge is -2.29. The van der Waals surface area contributed by atoms with Crippen LogP contribution < -0.4 is 21.1 Å². The van der Waals surface area contributed by atoms with Crippen molar-refractivity contribution in [2.45, 2.75) is 26.2 Å². The summed E-state index contributed by atoms with van der Waals surface area (Å²) in [6.07, 6.45) is 3.06. The highest BCUT2D eigenvalue weighted by Crippen LogP contribution is 2.33. The number of unbranched alkanes of at least 4 members (excludes halogenated alkanes) is 2. The van der Waals surface area contributed by atoms with Crippen molar-refractivity contribution in [3.05, 3.63) is 23.8 Å². The van der Waals surface area contributed by atoms with Crippen molar-refractivity contribution >= 4 is 23.5 Å². The second kappa shape index (κ2) is 6.93. The van der Waals surface area contributed by atoms with E-state index in [2.05, 4.69) is 11.9 Å². The number of hydrogen-bond acceptors (Lipinski definition) is 3. The fourth-order valence-electron chi connectivity index (χ4n) is 2.28. The fraction of sp³-hybridized carbons (Fsp3) is 0.400. The summed E-state index contributed by atoms with van der Waals surface area (Å²) in [5.74, 6) is -0.416. The molecule has 2 rings (SSSR count). The molecule has 0 radical (unpaired) electrons. The molecule has 0 spiro atoms. The molecule has 0 aliphatic carbocycles. The molecule has 0 saturated carbocycles. The Labute approximate surface area is 128 Å². The van der Waals surface area contributed by atoms with Gasteiger partial charge >= 0.3 is 0 Å². The Balaban J connectivity index is 2.24. The van der Waals surface area contributed by atoms with Crippen molar-refractivity contribution in [3.8, 4) is 5.75 Å². The molecular formula is C15H20N4O3. The molecule has 0 bridgehead atoms. The number of fused-ring (bicyclic) bond motifs is 1. The van der Waals surface area contributed by atoms with Crippen LogP contribution in [0.15, 0.2) is 23.2 Å². The van der Waals surface area contributed by atoms with E-state index in [1.165, 1.54) is 0 Å². The minimum Gasteiger partial charge on any atom is -0.482 e. The summed E-state index contributed by atoms with van der Waals surface area (Å²) in [6, 6.07) is 4.83. The highest BCUT2D eigenvalue weighted by atomic mass is 16.5. The Morgan fingerprint density at radius 2 is 2.14 bits per heavy atom. The molecule has 118 valence electrons. The number of guanidine groups is 1. The van der Waals surface area contributed by atoms with E-state index in [9.17, 15) is 9.59 Å². The molecule has 2 amide bonds. The third-order valence-corrected chi connectivity index (χ3v) is 3.37. The number of aliphatic imine (C=N–C) groups is 1. The van der Waals surface area contributed by atoms with Gasteiger partial charge in [-0.05, 0) is 24.6 Å². The number of benzene rings is 1. The second-order valence-corrected chi connectivity index (χ2v) is 5.07. The summed E-state index contributed by atoms with van der Waals surface area (Å²) < 4.78 is 5.41. The number of nitrogens with two attached hydrogens (primary N) is 2. The molecule has 1 aliphatic heterocycles. The molecule has 0 fully saturated rings. The van der Waals surface area contributed by atoms with Gasteiger partial charge in [-0.15, -0.1) is 0 Å². The Morgan fingerprint density at radius 1 is 1.36 bits per heavy atom. The standard InChI is InChI=1S/C15H20N4O3/c1-2-3-4-7-19-11-6-5-10(14(21)18-15(16)17)8-12(11)22-9-13(19)20/h5-6,8H,2-4,7,9H2,1H3,(H4,16,17,18,21). The fourth-order valence-corrected chi connectivity index (χ4v) is 2.28. The van der Waals surface area contributed by atoms with Crippen LogP contribution in [0.1, 0.15) is 36.5 Å². The molecule has 1 aromatic carbocycles. The normalized spacial score (nSPS) is 13.3. The van der Waals surface area contributed by atoms with Gasteiger partial charge in [-0.2, -0.15) is 4.99 Å². The zero-order valence-corrected chi connectivity index (χ0v) is 12.5. The minimum atomic E-state index is -0.541. The van der Waals surface area contributed by atoms with Gasteiger partial charge in [0.1, 0.15) is 5.75 Å². The summed E-state index contributed by atoms with van der Waals surface area (Å²) in [7, 11) is 0. The van der Waals surface area contributed by atoms with Crippen LogP contribution >= 0.6 is 0 Å². The Bertz CT molecular complexity index is 609.